The van der Waals surface area contributed by atoms with Crippen LogP contribution in [-0.2, 0) is 0 Å². The summed E-state index contributed by atoms with van der Waals surface area (Å²) in [6.07, 6.45) is 11.3. The number of benzene rings is 1. The van der Waals surface area contributed by atoms with Crippen molar-refractivity contribution in [3.05, 3.63) is 35.4 Å². The van der Waals surface area contributed by atoms with Crippen molar-refractivity contribution >= 4 is 12.6 Å². The van der Waals surface area contributed by atoms with E-state index in [9.17, 15) is 0 Å². The average Bonchev–Trinajstić information content (AvgIpc) is 2.49. The lowest BCUT2D eigenvalue weighted by Crippen LogP contribution is -2.25. The van der Waals surface area contributed by atoms with Crippen molar-refractivity contribution in [2.24, 2.45) is 11.8 Å². The molecule has 0 saturated heterocycles. The van der Waals surface area contributed by atoms with Crippen molar-refractivity contribution in [3.63, 3.8) is 0 Å². The first-order chi connectivity index (χ1) is 9.72. The Labute approximate surface area is 129 Å². The van der Waals surface area contributed by atoms with E-state index in [4.69, 9.17) is 0 Å². The van der Waals surface area contributed by atoms with Crippen molar-refractivity contribution in [3.8, 4) is 0 Å². The Balaban J connectivity index is 1.53. The summed E-state index contributed by atoms with van der Waals surface area (Å²) in [5.74, 6) is 2.85. The minimum atomic E-state index is 0.690. The van der Waals surface area contributed by atoms with E-state index in [0.717, 1.165) is 17.8 Å². The second-order valence-electron chi connectivity index (χ2n) is 7.09. The Bertz CT molecular complexity index is 406. The van der Waals surface area contributed by atoms with Crippen molar-refractivity contribution in [2.75, 3.05) is 0 Å². The van der Waals surface area contributed by atoms with Crippen LogP contribution >= 0.6 is 12.6 Å². The second kappa shape index (κ2) is 6.56. The predicted molar refractivity (Wildman–Crippen MR) is 90.6 cm³/mol. The Kier molecular flexibility index (Phi) is 4.75. The summed E-state index contributed by atoms with van der Waals surface area (Å²) in [5.41, 5.74) is 2.96. The maximum absolute atomic E-state index is 4.64. The van der Waals surface area contributed by atoms with Gasteiger partial charge < -0.3 is 0 Å². The predicted octanol–water partition coefficient (Wildman–Crippen LogP) is 5.76. The van der Waals surface area contributed by atoms with Gasteiger partial charge in [-0.05, 0) is 81.6 Å². The molecule has 2 aliphatic carbocycles. The van der Waals surface area contributed by atoms with Gasteiger partial charge in [0.05, 0.1) is 0 Å². The number of hydrogen-bond acceptors (Lipinski definition) is 1. The molecule has 3 rings (SSSR count). The monoisotopic (exact) mass is 288 g/mol. The highest BCUT2D eigenvalue weighted by Gasteiger charge is 2.30. The lowest BCUT2D eigenvalue weighted by Gasteiger charge is -2.37. The minimum Gasteiger partial charge on any atom is -0.176 e. The van der Waals surface area contributed by atoms with Gasteiger partial charge in [0, 0.05) is 5.25 Å². The fraction of sp³-hybridized carbons (Fsp3) is 0.684. The van der Waals surface area contributed by atoms with Gasteiger partial charge in [0.2, 0.25) is 0 Å². The summed E-state index contributed by atoms with van der Waals surface area (Å²) in [6.45, 7) is 2.18. The second-order valence-corrected chi connectivity index (χ2v) is 7.82. The molecule has 0 nitrogen and oxygen atoms in total. The molecule has 0 bridgehead atoms. The van der Waals surface area contributed by atoms with E-state index in [1.165, 1.54) is 56.9 Å². The van der Waals surface area contributed by atoms with Crippen LogP contribution in [0.2, 0.25) is 0 Å². The number of hydrogen-bond donors (Lipinski definition) is 1. The van der Waals surface area contributed by atoms with Crippen LogP contribution in [0.1, 0.15) is 68.4 Å². The molecule has 20 heavy (non-hydrogen) atoms. The van der Waals surface area contributed by atoms with Crippen LogP contribution in [0.4, 0.5) is 0 Å². The molecule has 0 radical (unpaired) electrons. The molecule has 2 saturated carbocycles. The van der Waals surface area contributed by atoms with Gasteiger partial charge in [-0.3, -0.25) is 0 Å². The van der Waals surface area contributed by atoms with E-state index in [2.05, 4.69) is 43.8 Å². The van der Waals surface area contributed by atoms with E-state index >= 15 is 0 Å². The van der Waals surface area contributed by atoms with Crippen LogP contribution in [0.3, 0.4) is 0 Å². The average molecular weight is 288 g/mol. The molecule has 2 aliphatic rings. The molecule has 0 spiro atoms. The van der Waals surface area contributed by atoms with E-state index in [-0.39, 0.29) is 0 Å². The Hall–Kier alpha value is -0.430. The number of thiol groups is 1. The SMILES string of the molecule is Cc1ccc(C2CCC(C3CCC(S)CC3)CC2)cc1. The van der Waals surface area contributed by atoms with Gasteiger partial charge in [0.25, 0.3) is 0 Å². The van der Waals surface area contributed by atoms with Crippen LogP contribution in [0.25, 0.3) is 0 Å². The van der Waals surface area contributed by atoms with Gasteiger partial charge >= 0.3 is 0 Å². The van der Waals surface area contributed by atoms with E-state index in [1.54, 1.807) is 5.56 Å². The van der Waals surface area contributed by atoms with Gasteiger partial charge in [-0.25, -0.2) is 0 Å². The van der Waals surface area contributed by atoms with Crippen LogP contribution in [0, 0.1) is 18.8 Å². The Morgan fingerprint density at radius 2 is 1.25 bits per heavy atom. The first kappa shape index (κ1) is 14.5. The van der Waals surface area contributed by atoms with E-state index in [0.29, 0.717) is 5.25 Å². The molecular weight excluding hydrogens is 260 g/mol. The molecule has 0 heterocycles. The van der Waals surface area contributed by atoms with Gasteiger partial charge in [0.1, 0.15) is 0 Å². The molecule has 0 N–H and O–H groups in total. The third-order valence-corrected chi connectivity index (χ3v) is 6.25. The molecule has 110 valence electrons. The zero-order valence-corrected chi connectivity index (χ0v) is 13.6. The van der Waals surface area contributed by atoms with Gasteiger partial charge in [0.15, 0.2) is 0 Å². The largest absolute Gasteiger partial charge is 0.176 e. The molecule has 0 atom stereocenters. The summed E-state index contributed by atoms with van der Waals surface area (Å²) in [4.78, 5) is 0. The maximum Gasteiger partial charge on any atom is 0.00170 e. The van der Waals surface area contributed by atoms with Gasteiger partial charge in [-0.15, -0.1) is 0 Å². The lowest BCUT2D eigenvalue weighted by atomic mass is 9.70. The van der Waals surface area contributed by atoms with Gasteiger partial charge in [-0.1, -0.05) is 29.8 Å². The zero-order valence-electron chi connectivity index (χ0n) is 12.7. The lowest BCUT2D eigenvalue weighted by molar-refractivity contribution is 0.188. The van der Waals surface area contributed by atoms with Gasteiger partial charge in [-0.2, -0.15) is 12.6 Å². The molecule has 1 aromatic carbocycles. The summed E-state index contributed by atoms with van der Waals surface area (Å²) < 4.78 is 0. The smallest absolute Gasteiger partial charge is 0.00170 e. The molecule has 0 unspecified atom stereocenters. The van der Waals surface area contributed by atoms with Crippen molar-refractivity contribution in [2.45, 2.75) is 69.5 Å². The molecule has 1 aromatic rings. The quantitative estimate of drug-likeness (QED) is 0.657. The molecule has 0 aromatic heterocycles. The van der Waals surface area contributed by atoms with Crippen molar-refractivity contribution in [1.29, 1.82) is 0 Å². The highest BCUT2D eigenvalue weighted by molar-refractivity contribution is 7.80. The van der Waals surface area contributed by atoms with Crippen LogP contribution < -0.4 is 0 Å². The molecule has 1 heteroatoms. The minimum absolute atomic E-state index is 0.690. The van der Waals surface area contributed by atoms with Crippen LogP contribution in [-0.4, -0.2) is 5.25 Å². The summed E-state index contributed by atoms with van der Waals surface area (Å²) >= 11 is 4.64. The standard InChI is InChI=1S/C19H28S/c1-14-2-4-15(5-3-14)16-6-8-17(9-7-16)18-10-12-19(20)13-11-18/h2-5,16-20H,6-13H2,1H3. The van der Waals surface area contributed by atoms with E-state index in [1.807, 2.05) is 0 Å². The van der Waals surface area contributed by atoms with E-state index < -0.39 is 0 Å². The summed E-state index contributed by atoms with van der Waals surface area (Å²) in [6, 6.07) is 9.25. The van der Waals surface area contributed by atoms with Crippen molar-refractivity contribution < 1.29 is 0 Å². The fourth-order valence-corrected chi connectivity index (χ4v) is 4.63. The van der Waals surface area contributed by atoms with Crippen LogP contribution in [0.5, 0.6) is 0 Å². The molecule has 2 fully saturated rings. The maximum atomic E-state index is 4.64. The molecule has 0 amide bonds. The Morgan fingerprint density at radius 1 is 0.750 bits per heavy atom. The number of aryl methyl sites for hydroxylation is 1. The first-order valence-corrected chi connectivity index (χ1v) is 8.98. The van der Waals surface area contributed by atoms with Crippen LogP contribution in [0.15, 0.2) is 24.3 Å². The third kappa shape index (κ3) is 3.42. The highest BCUT2D eigenvalue weighted by Crippen LogP contribution is 2.43. The summed E-state index contributed by atoms with van der Waals surface area (Å²) in [5, 5.41) is 0.690. The topological polar surface area (TPSA) is 0 Å². The summed E-state index contributed by atoms with van der Waals surface area (Å²) in [7, 11) is 0. The normalized spacial score (nSPS) is 34.9. The zero-order chi connectivity index (χ0) is 13.9. The Morgan fingerprint density at radius 3 is 1.80 bits per heavy atom. The fourth-order valence-electron chi connectivity index (χ4n) is 4.34. The molecule has 0 aliphatic heterocycles. The highest BCUT2D eigenvalue weighted by atomic mass is 32.1. The van der Waals surface area contributed by atoms with Crippen molar-refractivity contribution in [1.82, 2.24) is 0 Å². The number of rotatable bonds is 2. The molecular formula is C19H28S. The first-order valence-electron chi connectivity index (χ1n) is 8.47. The third-order valence-electron chi connectivity index (χ3n) is 5.73.